The Bertz CT molecular complexity index is 887. The summed E-state index contributed by atoms with van der Waals surface area (Å²) >= 11 is 0. The number of rotatable bonds is 8. The zero-order valence-electron chi connectivity index (χ0n) is 15.4. The lowest BCUT2D eigenvalue weighted by Gasteiger charge is -2.19. The first kappa shape index (κ1) is 19.2. The topological polar surface area (TPSA) is 81.4 Å². The van der Waals surface area contributed by atoms with E-state index >= 15 is 0 Å². The zero-order chi connectivity index (χ0) is 19.8. The van der Waals surface area contributed by atoms with Crippen molar-refractivity contribution in [2.75, 3.05) is 13.2 Å². The maximum Gasteiger partial charge on any atom is 0.255 e. The molecule has 0 aromatic heterocycles. The van der Waals surface area contributed by atoms with Gasteiger partial charge in [-0.3, -0.25) is 9.59 Å². The van der Waals surface area contributed by atoms with E-state index in [1.54, 1.807) is 24.3 Å². The van der Waals surface area contributed by atoms with E-state index in [0.717, 1.165) is 11.1 Å². The average molecular weight is 374 g/mol. The van der Waals surface area contributed by atoms with Gasteiger partial charge in [0.2, 0.25) is 0 Å². The lowest BCUT2D eigenvalue weighted by atomic mass is 9.91. The fraction of sp³-hybridized carbons (Fsp3) is 0.130. The lowest BCUT2D eigenvalue weighted by Crippen LogP contribution is -2.29. The summed E-state index contributed by atoms with van der Waals surface area (Å²) in [5.74, 6) is -0.306. The third-order valence-electron chi connectivity index (χ3n) is 4.35. The van der Waals surface area contributed by atoms with Crippen LogP contribution in [0.4, 0.5) is 0 Å². The number of amides is 2. The molecule has 0 unspecified atom stereocenters. The summed E-state index contributed by atoms with van der Waals surface area (Å²) in [4.78, 5) is 23.5. The maximum absolute atomic E-state index is 12.6. The van der Waals surface area contributed by atoms with Crippen LogP contribution in [-0.4, -0.2) is 25.0 Å². The minimum Gasteiger partial charge on any atom is -0.484 e. The molecule has 2 amide bonds. The second kappa shape index (κ2) is 9.37. The Hall–Kier alpha value is -3.60. The highest BCUT2D eigenvalue weighted by atomic mass is 16.5. The van der Waals surface area contributed by atoms with Gasteiger partial charge in [0.25, 0.3) is 11.8 Å². The van der Waals surface area contributed by atoms with E-state index in [1.807, 2.05) is 36.4 Å². The third-order valence-corrected chi connectivity index (χ3v) is 4.35. The van der Waals surface area contributed by atoms with Gasteiger partial charge in [0.05, 0.1) is 0 Å². The van der Waals surface area contributed by atoms with Gasteiger partial charge in [-0.25, -0.2) is 0 Å². The van der Waals surface area contributed by atoms with Crippen LogP contribution >= 0.6 is 0 Å². The zero-order valence-corrected chi connectivity index (χ0v) is 15.4. The van der Waals surface area contributed by atoms with Gasteiger partial charge in [-0.2, -0.15) is 0 Å². The highest BCUT2D eigenvalue weighted by Gasteiger charge is 2.16. The monoisotopic (exact) mass is 374 g/mol. The number of hydrogen-bond donors (Lipinski definition) is 2. The second-order valence-corrected chi connectivity index (χ2v) is 6.37. The minimum atomic E-state index is -0.566. The summed E-state index contributed by atoms with van der Waals surface area (Å²) < 4.78 is 5.27. The summed E-state index contributed by atoms with van der Waals surface area (Å²) in [6.45, 7) is 0.231. The Morgan fingerprint density at radius 3 is 2.04 bits per heavy atom. The van der Waals surface area contributed by atoms with Crippen LogP contribution in [-0.2, 0) is 4.79 Å². The van der Waals surface area contributed by atoms with Crippen LogP contribution < -0.4 is 15.8 Å². The van der Waals surface area contributed by atoms with Crippen molar-refractivity contribution in [3.8, 4) is 5.75 Å². The molecule has 0 saturated carbocycles. The van der Waals surface area contributed by atoms with Crippen LogP contribution in [0.3, 0.4) is 0 Å². The smallest absolute Gasteiger partial charge is 0.255 e. The number of nitrogens with one attached hydrogen (secondary N) is 1. The molecule has 0 bridgehead atoms. The lowest BCUT2D eigenvalue weighted by molar-refractivity contribution is -0.119. The molecule has 142 valence electrons. The molecule has 3 aromatic carbocycles. The Kier molecular flexibility index (Phi) is 6.41. The molecular weight excluding hydrogens is 352 g/mol. The second-order valence-electron chi connectivity index (χ2n) is 6.37. The van der Waals surface area contributed by atoms with Gasteiger partial charge < -0.3 is 15.8 Å². The average Bonchev–Trinajstić information content (AvgIpc) is 2.74. The number of carbonyl (C=O) groups is 2. The fourth-order valence-corrected chi connectivity index (χ4v) is 2.98. The molecule has 3 rings (SSSR count). The van der Waals surface area contributed by atoms with Gasteiger partial charge in [-0.15, -0.1) is 0 Å². The Morgan fingerprint density at radius 2 is 1.46 bits per heavy atom. The van der Waals surface area contributed by atoms with E-state index in [2.05, 4.69) is 29.6 Å². The van der Waals surface area contributed by atoms with Gasteiger partial charge in [0, 0.05) is 18.0 Å². The largest absolute Gasteiger partial charge is 0.484 e. The molecule has 0 atom stereocenters. The number of benzene rings is 3. The number of hydrogen-bond acceptors (Lipinski definition) is 3. The first-order valence-corrected chi connectivity index (χ1v) is 9.03. The van der Waals surface area contributed by atoms with Gasteiger partial charge in [-0.05, 0) is 29.3 Å². The highest BCUT2D eigenvalue weighted by molar-refractivity contribution is 5.94. The standard InChI is InChI=1S/C23H22N2O3/c24-22(26)16-28-20-13-7-12-19(14-20)23(27)25-15-21(17-8-3-1-4-9-17)18-10-5-2-6-11-18/h1-14,21H,15-16H2,(H2,24,26)(H,25,27). The molecule has 3 aromatic rings. The molecular formula is C23H22N2O3. The van der Waals surface area contributed by atoms with Crippen LogP contribution in [0.15, 0.2) is 84.9 Å². The van der Waals surface area contributed by atoms with Crippen molar-refractivity contribution in [2.45, 2.75) is 5.92 Å². The molecule has 5 heteroatoms. The summed E-state index contributed by atoms with van der Waals surface area (Å²) in [7, 11) is 0. The first-order chi connectivity index (χ1) is 13.6. The van der Waals surface area contributed by atoms with Crippen LogP contribution in [0.2, 0.25) is 0 Å². The quantitative estimate of drug-likeness (QED) is 0.636. The highest BCUT2D eigenvalue weighted by Crippen LogP contribution is 2.24. The van der Waals surface area contributed by atoms with Crippen LogP contribution in [0.5, 0.6) is 5.75 Å². The van der Waals surface area contributed by atoms with Crippen molar-refractivity contribution < 1.29 is 14.3 Å². The van der Waals surface area contributed by atoms with E-state index < -0.39 is 5.91 Å². The molecule has 0 aliphatic heterocycles. The van der Waals surface area contributed by atoms with Gasteiger partial charge in [0.15, 0.2) is 6.61 Å². The molecule has 5 nitrogen and oxygen atoms in total. The van der Waals surface area contributed by atoms with Crippen LogP contribution in [0.1, 0.15) is 27.4 Å². The number of carbonyl (C=O) groups excluding carboxylic acids is 2. The molecule has 3 N–H and O–H groups in total. The summed E-state index contributed by atoms with van der Waals surface area (Å²) in [5.41, 5.74) is 7.81. The van der Waals surface area contributed by atoms with Crippen molar-refractivity contribution >= 4 is 11.8 Å². The number of primary amides is 1. The fourth-order valence-electron chi connectivity index (χ4n) is 2.98. The summed E-state index contributed by atoms with van der Waals surface area (Å²) in [5, 5.41) is 3.00. The third kappa shape index (κ3) is 5.20. The molecule has 0 aliphatic carbocycles. The predicted octanol–water partition coefficient (Wildman–Crippen LogP) is 3.11. The maximum atomic E-state index is 12.6. The Labute approximate surface area is 164 Å². The van der Waals surface area contributed by atoms with Crippen molar-refractivity contribution in [1.82, 2.24) is 5.32 Å². The molecule has 0 radical (unpaired) electrons. The van der Waals surface area contributed by atoms with Gasteiger partial charge >= 0.3 is 0 Å². The molecule has 0 heterocycles. The van der Waals surface area contributed by atoms with Gasteiger partial charge in [0.1, 0.15) is 5.75 Å². The number of nitrogens with two attached hydrogens (primary N) is 1. The van der Waals surface area contributed by atoms with Crippen molar-refractivity contribution in [2.24, 2.45) is 5.73 Å². The van der Waals surface area contributed by atoms with E-state index in [-0.39, 0.29) is 18.4 Å². The van der Waals surface area contributed by atoms with Crippen molar-refractivity contribution in [1.29, 1.82) is 0 Å². The van der Waals surface area contributed by atoms with E-state index in [9.17, 15) is 9.59 Å². The van der Waals surface area contributed by atoms with Crippen LogP contribution in [0, 0.1) is 0 Å². The van der Waals surface area contributed by atoms with E-state index in [1.165, 1.54) is 0 Å². The molecule has 0 aliphatic rings. The summed E-state index contributed by atoms with van der Waals surface area (Å²) in [6, 6.07) is 26.8. The molecule has 0 spiro atoms. The predicted molar refractivity (Wildman–Crippen MR) is 108 cm³/mol. The first-order valence-electron chi connectivity index (χ1n) is 9.03. The normalized spacial score (nSPS) is 10.5. The number of ether oxygens (including phenoxy) is 1. The van der Waals surface area contributed by atoms with E-state index in [0.29, 0.717) is 17.9 Å². The molecule has 0 saturated heterocycles. The molecule has 28 heavy (non-hydrogen) atoms. The SMILES string of the molecule is NC(=O)COc1cccc(C(=O)NCC(c2ccccc2)c2ccccc2)c1. The Balaban J connectivity index is 1.72. The van der Waals surface area contributed by atoms with Gasteiger partial charge in [-0.1, -0.05) is 66.7 Å². The Morgan fingerprint density at radius 1 is 0.857 bits per heavy atom. The minimum absolute atomic E-state index is 0.0423. The van der Waals surface area contributed by atoms with Crippen LogP contribution in [0.25, 0.3) is 0 Å². The van der Waals surface area contributed by atoms with Crippen molar-refractivity contribution in [3.63, 3.8) is 0 Å². The van der Waals surface area contributed by atoms with E-state index in [4.69, 9.17) is 10.5 Å². The summed E-state index contributed by atoms with van der Waals surface area (Å²) in [6.07, 6.45) is 0. The molecule has 0 fully saturated rings. The van der Waals surface area contributed by atoms with Crippen molar-refractivity contribution in [3.05, 3.63) is 102 Å².